The monoisotopic (exact) mass is 353 g/mol. The number of nitrogens with one attached hydrogen (secondary N) is 2. The van der Waals surface area contributed by atoms with Crippen LogP contribution in [0.4, 0.5) is 26.0 Å². The first-order valence-electron chi connectivity index (χ1n) is 8.14. The van der Waals surface area contributed by atoms with Crippen LogP contribution in [0.1, 0.15) is 22.8 Å². The van der Waals surface area contributed by atoms with Crippen molar-refractivity contribution < 1.29 is 13.6 Å². The van der Waals surface area contributed by atoms with Gasteiger partial charge < -0.3 is 10.6 Å². The maximum Gasteiger partial charge on any atom is 0.257 e. The maximum atomic E-state index is 13.2. The van der Waals surface area contributed by atoms with E-state index in [9.17, 15) is 13.6 Å². The summed E-state index contributed by atoms with van der Waals surface area (Å²) in [7, 11) is 0. The van der Waals surface area contributed by atoms with Gasteiger partial charge in [0.05, 0.1) is 5.56 Å². The number of carbonyl (C=O) groups is 1. The minimum atomic E-state index is -0.944. The van der Waals surface area contributed by atoms with Crippen LogP contribution in [-0.2, 0) is 6.42 Å². The zero-order valence-electron chi connectivity index (χ0n) is 14.1. The molecule has 0 aliphatic heterocycles. The van der Waals surface area contributed by atoms with Crippen LogP contribution in [0.25, 0.3) is 0 Å². The number of carbonyl (C=O) groups excluding carboxylic acids is 1. The van der Waals surface area contributed by atoms with E-state index >= 15 is 0 Å². The molecule has 4 nitrogen and oxygen atoms in total. The van der Waals surface area contributed by atoms with Crippen molar-refractivity contribution >= 4 is 23.1 Å². The molecule has 0 spiro atoms. The van der Waals surface area contributed by atoms with Gasteiger partial charge in [0.1, 0.15) is 5.82 Å². The first-order valence-corrected chi connectivity index (χ1v) is 8.14. The van der Waals surface area contributed by atoms with Crippen LogP contribution in [0.5, 0.6) is 0 Å². The fraction of sp³-hybridized carbons (Fsp3) is 0.100. The molecule has 1 aromatic heterocycles. The molecule has 0 saturated heterocycles. The fourth-order valence-corrected chi connectivity index (χ4v) is 2.47. The summed E-state index contributed by atoms with van der Waals surface area (Å²) in [5.41, 5.74) is 2.58. The standard InChI is InChI=1S/C20H17F2N3O/c1-2-13-5-3-4-6-18(13)25-20(26)14-7-10-19(23-12-14)24-15-8-9-16(21)17(22)11-15/h3-12H,2H2,1H3,(H,23,24)(H,25,26). The predicted molar refractivity (Wildman–Crippen MR) is 97.7 cm³/mol. The third-order valence-electron chi connectivity index (χ3n) is 3.86. The van der Waals surface area contributed by atoms with Gasteiger partial charge in [-0.3, -0.25) is 4.79 Å². The molecular formula is C20H17F2N3O. The Morgan fingerprint density at radius 2 is 1.85 bits per heavy atom. The van der Waals surface area contributed by atoms with Crippen molar-refractivity contribution in [3.63, 3.8) is 0 Å². The van der Waals surface area contributed by atoms with Crippen LogP contribution in [0, 0.1) is 11.6 Å². The number of benzene rings is 2. The molecule has 0 saturated carbocycles. The van der Waals surface area contributed by atoms with E-state index in [1.54, 1.807) is 12.1 Å². The van der Waals surface area contributed by atoms with E-state index in [0.29, 0.717) is 17.1 Å². The van der Waals surface area contributed by atoms with Gasteiger partial charge in [-0.1, -0.05) is 25.1 Å². The number of aryl methyl sites for hydroxylation is 1. The Morgan fingerprint density at radius 1 is 1.04 bits per heavy atom. The smallest absolute Gasteiger partial charge is 0.257 e. The number of para-hydroxylation sites is 1. The minimum absolute atomic E-state index is 0.266. The van der Waals surface area contributed by atoms with Gasteiger partial charge in [0.15, 0.2) is 11.6 Å². The Hall–Kier alpha value is -3.28. The highest BCUT2D eigenvalue weighted by molar-refractivity contribution is 6.04. The second kappa shape index (κ2) is 7.74. The number of hydrogen-bond donors (Lipinski definition) is 2. The second-order valence-corrected chi connectivity index (χ2v) is 5.65. The molecule has 0 atom stereocenters. The van der Waals surface area contributed by atoms with Crippen LogP contribution in [-0.4, -0.2) is 10.9 Å². The van der Waals surface area contributed by atoms with Gasteiger partial charge in [-0.05, 0) is 42.3 Å². The van der Waals surface area contributed by atoms with Crippen molar-refractivity contribution in [3.05, 3.63) is 83.6 Å². The fourth-order valence-electron chi connectivity index (χ4n) is 2.47. The van der Waals surface area contributed by atoms with Crippen LogP contribution >= 0.6 is 0 Å². The first-order chi connectivity index (χ1) is 12.6. The molecule has 1 heterocycles. The largest absolute Gasteiger partial charge is 0.340 e. The predicted octanol–water partition coefficient (Wildman–Crippen LogP) is 4.92. The van der Waals surface area contributed by atoms with Crippen LogP contribution in [0.2, 0.25) is 0 Å². The van der Waals surface area contributed by atoms with Gasteiger partial charge >= 0.3 is 0 Å². The van der Waals surface area contributed by atoms with E-state index in [4.69, 9.17) is 0 Å². The highest BCUT2D eigenvalue weighted by Gasteiger charge is 2.09. The Morgan fingerprint density at radius 3 is 2.54 bits per heavy atom. The summed E-state index contributed by atoms with van der Waals surface area (Å²) < 4.78 is 26.2. The SMILES string of the molecule is CCc1ccccc1NC(=O)c1ccc(Nc2ccc(F)c(F)c2)nc1. The molecule has 0 aliphatic carbocycles. The molecule has 0 bridgehead atoms. The third kappa shape index (κ3) is 4.03. The normalized spacial score (nSPS) is 10.4. The average molecular weight is 353 g/mol. The van der Waals surface area contributed by atoms with Gasteiger partial charge in [0, 0.05) is 23.6 Å². The number of pyridine rings is 1. The van der Waals surface area contributed by atoms with Crippen molar-refractivity contribution in [1.82, 2.24) is 4.98 Å². The number of halogens is 2. The lowest BCUT2D eigenvalue weighted by Crippen LogP contribution is -2.13. The Bertz CT molecular complexity index is 927. The number of hydrogen-bond acceptors (Lipinski definition) is 3. The lowest BCUT2D eigenvalue weighted by molar-refractivity contribution is 0.102. The van der Waals surface area contributed by atoms with Crippen molar-refractivity contribution in [3.8, 4) is 0 Å². The van der Waals surface area contributed by atoms with Crippen molar-refractivity contribution in [2.45, 2.75) is 13.3 Å². The number of aromatic nitrogens is 1. The quantitative estimate of drug-likeness (QED) is 0.685. The average Bonchev–Trinajstić information content (AvgIpc) is 2.66. The highest BCUT2D eigenvalue weighted by Crippen LogP contribution is 2.19. The molecule has 26 heavy (non-hydrogen) atoms. The van der Waals surface area contributed by atoms with E-state index in [2.05, 4.69) is 15.6 Å². The summed E-state index contributed by atoms with van der Waals surface area (Å²) in [5.74, 6) is -1.71. The van der Waals surface area contributed by atoms with Gasteiger partial charge in [0.2, 0.25) is 0 Å². The lowest BCUT2D eigenvalue weighted by atomic mass is 10.1. The van der Waals surface area contributed by atoms with E-state index in [1.165, 1.54) is 12.3 Å². The molecule has 1 amide bonds. The molecular weight excluding hydrogens is 336 g/mol. The van der Waals surface area contributed by atoms with Gasteiger partial charge in [-0.25, -0.2) is 13.8 Å². The van der Waals surface area contributed by atoms with E-state index in [-0.39, 0.29) is 5.91 Å². The molecule has 0 unspecified atom stereocenters. The molecule has 2 aromatic carbocycles. The van der Waals surface area contributed by atoms with Gasteiger partial charge in [0.25, 0.3) is 5.91 Å². The van der Waals surface area contributed by atoms with Crippen molar-refractivity contribution in [2.24, 2.45) is 0 Å². The van der Waals surface area contributed by atoms with E-state index in [0.717, 1.165) is 29.8 Å². The molecule has 0 radical (unpaired) electrons. The van der Waals surface area contributed by atoms with Gasteiger partial charge in [-0.2, -0.15) is 0 Å². The zero-order chi connectivity index (χ0) is 18.5. The second-order valence-electron chi connectivity index (χ2n) is 5.65. The molecule has 6 heteroatoms. The minimum Gasteiger partial charge on any atom is -0.340 e. The first kappa shape index (κ1) is 17.5. The molecule has 3 aromatic rings. The number of nitrogens with zero attached hydrogens (tertiary/aromatic N) is 1. The summed E-state index contributed by atoms with van der Waals surface area (Å²) in [5, 5.41) is 5.73. The topological polar surface area (TPSA) is 54.0 Å². The summed E-state index contributed by atoms with van der Waals surface area (Å²) in [6.45, 7) is 2.02. The lowest BCUT2D eigenvalue weighted by Gasteiger charge is -2.10. The molecule has 0 fully saturated rings. The number of amides is 1. The molecule has 3 rings (SSSR count). The summed E-state index contributed by atoms with van der Waals surface area (Å²) >= 11 is 0. The van der Waals surface area contributed by atoms with E-state index < -0.39 is 11.6 Å². The van der Waals surface area contributed by atoms with Crippen LogP contribution < -0.4 is 10.6 Å². The highest BCUT2D eigenvalue weighted by atomic mass is 19.2. The summed E-state index contributed by atoms with van der Waals surface area (Å²) in [6, 6.07) is 14.3. The molecule has 2 N–H and O–H groups in total. The third-order valence-corrected chi connectivity index (χ3v) is 3.86. The summed E-state index contributed by atoms with van der Waals surface area (Å²) in [6.07, 6.45) is 2.23. The maximum absolute atomic E-state index is 13.2. The molecule has 0 aliphatic rings. The molecule has 132 valence electrons. The van der Waals surface area contributed by atoms with Crippen LogP contribution in [0.15, 0.2) is 60.8 Å². The number of rotatable bonds is 5. The Balaban J connectivity index is 1.70. The zero-order valence-corrected chi connectivity index (χ0v) is 14.1. The van der Waals surface area contributed by atoms with Gasteiger partial charge in [-0.15, -0.1) is 0 Å². The van der Waals surface area contributed by atoms with Crippen LogP contribution in [0.3, 0.4) is 0 Å². The summed E-state index contributed by atoms with van der Waals surface area (Å²) in [4.78, 5) is 16.5. The Kier molecular flexibility index (Phi) is 5.22. The number of anilines is 3. The van der Waals surface area contributed by atoms with Crippen molar-refractivity contribution in [1.29, 1.82) is 0 Å². The van der Waals surface area contributed by atoms with Crippen molar-refractivity contribution in [2.75, 3.05) is 10.6 Å². The van der Waals surface area contributed by atoms with E-state index in [1.807, 2.05) is 31.2 Å². The Labute approximate surface area is 149 Å².